The van der Waals surface area contributed by atoms with Gasteiger partial charge in [0.25, 0.3) is 0 Å². The fraction of sp³-hybridized carbons (Fsp3) is 0.214. The van der Waals surface area contributed by atoms with Gasteiger partial charge in [-0.05, 0) is 19.2 Å². The molecule has 0 saturated carbocycles. The Kier molecular flexibility index (Phi) is 3.97. The highest BCUT2D eigenvalue weighted by Crippen LogP contribution is 2.28. The van der Waals surface area contributed by atoms with Crippen molar-refractivity contribution in [3.63, 3.8) is 0 Å². The molecule has 0 aliphatic rings. The Hall–Kier alpha value is -2.14. The highest BCUT2D eigenvalue weighted by atomic mass is 19.1. The second-order valence-corrected chi connectivity index (χ2v) is 4.09. The molecule has 1 heterocycles. The molecule has 0 aliphatic heterocycles. The standard InChI is InChI=1S/C14H16FN3O/c1-17-13(11-4-3-7-18-14(11)16)10-6-5-9(19-2)8-12(10)15/h3-8,13,17H,1-2H3,(H2,16,18). The van der Waals surface area contributed by atoms with E-state index in [0.29, 0.717) is 17.1 Å². The highest BCUT2D eigenvalue weighted by molar-refractivity contribution is 5.46. The number of halogens is 1. The van der Waals surface area contributed by atoms with Gasteiger partial charge in [0.2, 0.25) is 0 Å². The van der Waals surface area contributed by atoms with Crippen molar-refractivity contribution >= 4 is 5.82 Å². The Labute approximate surface area is 111 Å². The van der Waals surface area contributed by atoms with Crippen molar-refractivity contribution < 1.29 is 9.13 Å². The Bertz CT molecular complexity index is 574. The molecule has 0 fully saturated rings. The molecule has 5 heteroatoms. The number of hydrogen-bond acceptors (Lipinski definition) is 4. The number of nitrogens with zero attached hydrogens (tertiary/aromatic N) is 1. The van der Waals surface area contributed by atoms with Crippen molar-refractivity contribution in [2.75, 3.05) is 19.9 Å². The summed E-state index contributed by atoms with van der Waals surface area (Å²) in [5, 5.41) is 3.05. The van der Waals surface area contributed by atoms with E-state index in [2.05, 4.69) is 10.3 Å². The van der Waals surface area contributed by atoms with Gasteiger partial charge in [-0.2, -0.15) is 0 Å². The van der Waals surface area contributed by atoms with E-state index >= 15 is 0 Å². The Morgan fingerprint density at radius 1 is 1.32 bits per heavy atom. The van der Waals surface area contributed by atoms with Crippen molar-refractivity contribution in [2.24, 2.45) is 0 Å². The van der Waals surface area contributed by atoms with Crippen molar-refractivity contribution in [3.05, 3.63) is 53.5 Å². The third-order valence-electron chi connectivity index (χ3n) is 2.99. The molecule has 2 aromatic rings. The number of rotatable bonds is 4. The SMILES string of the molecule is CNC(c1ccc(OC)cc1F)c1cccnc1N. The summed E-state index contributed by atoms with van der Waals surface area (Å²) in [5.41, 5.74) is 7.09. The first-order chi connectivity index (χ1) is 9.17. The molecule has 100 valence electrons. The van der Waals surface area contributed by atoms with Gasteiger partial charge in [0.15, 0.2) is 0 Å². The minimum Gasteiger partial charge on any atom is -0.497 e. The number of ether oxygens (including phenoxy) is 1. The molecular formula is C14H16FN3O. The summed E-state index contributed by atoms with van der Waals surface area (Å²) in [7, 11) is 3.25. The van der Waals surface area contributed by atoms with Gasteiger partial charge in [-0.15, -0.1) is 0 Å². The Morgan fingerprint density at radius 3 is 2.68 bits per heavy atom. The maximum Gasteiger partial charge on any atom is 0.132 e. The lowest BCUT2D eigenvalue weighted by molar-refractivity contribution is 0.410. The van der Waals surface area contributed by atoms with Crippen LogP contribution in [0.4, 0.5) is 10.2 Å². The quantitative estimate of drug-likeness (QED) is 0.885. The van der Waals surface area contributed by atoms with E-state index in [1.807, 2.05) is 6.07 Å². The second kappa shape index (κ2) is 5.67. The number of nitrogen functional groups attached to an aromatic ring is 1. The van der Waals surface area contributed by atoms with Gasteiger partial charge < -0.3 is 15.8 Å². The number of pyridine rings is 1. The van der Waals surface area contributed by atoms with Crippen LogP contribution >= 0.6 is 0 Å². The van der Waals surface area contributed by atoms with Crippen LogP contribution in [0.25, 0.3) is 0 Å². The zero-order chi connectivity index (χ0) is 13.8. The fourth-order valence-corrected chi connectivity index (χ4v) is 2.02. The number of nitrogens with two attached hydrogens (primary N) is 1. The lowest BCUT2D eigenvalue weighted by Crippen LogP contribution is -2.20. The summed E-state index contributed by atoms with van der Waals surface area (Å²) < 4.78 is 19.1. The predicted molar refractivity (Wildman–Crippen MR) is 72.5 cm³/mol. The van der Waals surface area contributed by atoms with Gasteiger partial charge in [0, 0.05) is 23.4 Å². The summed E-state index contributed by atoms with van der Waals surface area (Å²) in [6, 6.07) is 8.01. The van der Waals surface area contributed by atoms with Gasteiger partial charge in [-0.1, -0.05) is 12.1 Å². The molecule has 0 saturated heterocycles. The number of methoxy groups -OCH3 is 1. The molecule has 0 amide bonds. The smallest absolute Gasteiger partial charge is 0.132 e. The molecule has 19 heavy (non-hydrogen) atoms. The number of nitrogens with one attached hydrogen (secondary N) is 1. The van der Waals surface area contributed by atoms with Crippen molar-refractivity contribution in [1.82, 2.24) is 10.3 Å². The van der Waals surface area contributed by atoms with E-state index in [0.717, 1.165) is 5.56 Å². The zero-order valence-electron chi connectivity index (χ0n) is 10.9. The molecule has 1 atom stereocenters. The van der Waals surface area contributed by atoms with E-state index in [9.17, 15) is 4.39 Å². The van der Waals surface area contributed by atoms with Crippen molar-refractivity contribution in [3.8, 4) is 5.75 Å². The maximum atomic E-state index is 14.1. The van der Waals surface area contributed by atoms with Crippen LogP contribution in [0, 0.1) is 5.82 Å². The average molecular weight is 261 g/mol. The highest BCUT2D eigenvalue weighted by Gasteiger charge is 2.19. The van der Waals surface area contributed by atoms with Crippen LogP contribution in [0.5, 0.6) is 5.75 Å². The minimum atomic E-state index is -0.348. The summed E-state index contributed by atoms with van der Waals surface area (Å²) in [4.78, 5) is 4.03. The Morgan fingerprint density at radius 2 is 2.11 bits per heavy atom. The molecule has 1 aromatic carbocycles. The van der Waals surface area contributed by atoms with Crippen LogP contribution in [-0.4, -0.2) is 19.1 Å². The summed E-state index contributed by atoms with van der Waals surface area (Å²) in [6.45, 7) is 0. The van der Waals surface area contributed by atoms with Gasteiger partial charge in [-0.3, -0.25) is 0 Å². The molecule has 0 bridgehead atoms. The molecule has 1 aromatic heterocycles. The van der Waals surface area contributed by atoms with Gasteiger partial charge in [0.1, 0.15) is 17.4 Å². The monoisotopic (exact) mass is 261 g/mol. The normalized spacial score (nSPS) is 12.2. The third-order valence-corrected chi connectivity index (χ3v) is 2.99. The molecule has 0 aliphatic carbocycles. The molecular weight excluding hydrogens is 245 g/mol. The van der Waals surface area contributed by atoms with Crippen LogP contribution in [0.1, 0.15) is 17.2 Å². The van der Waals surface area contributed by atoms with Crippen LogP contribution in [-0.2, 0) is 0 Å². The number of anilines is 1. The number of benzene rings is 1. The first kappa shape index (κ1) is 13.3. The molecule has 1 unspecified atom stereocenters. The molecule has 0 spiro atoms. The van der Waals surface area contributed by atoms with E-state index in [4.69, 9.17) is 10.5 Å². The predicted octanol–water partition coefficient (Wildman–Crippen LogP) is 2.12. The Balaban J connectivity index is 2.46. The third kappa shape index (κ3) is 2.66. The van der Waals surface area contributed by atoms with E-state index in [1.54, 1.807) is 31.4 Å². The molecule has 2 rings (SSSR count). The largest absolute Gasteiger partial charge is 0.497 e. The minimum absolute atomic E-state index is 0.345. The van der Waals surface area contributed by atoms with Gasteiger partial charge in [-0.25, -0.2) is 9.37 Å². The van der Waals surface area contributed by atoms with E-state index in [1.165, 1.54) is 13.2 Å². The zero-order valence-corrected chi connectivity index (χ0v) is 10.9. The molecule has 3 N–H and O–H groups in total. The van der Waals surface area contributed by atoms with E-state index < -0.39 is 0 Å². The van der Waals surface area contributed by atoms with Gasteiger partial charge >= 0.3 is 0 Å². The summed E-state index contributed by atoms with van der Waals surface area (Å²) in [5.74, 6) is 0.522. The first-order valence-electron chi connectivity index (χ1n) is 5.88. The van der Waals surface area contributed by atoms with Crippen LogP contribution in [0.15, 0.2) is 36.5 Å². The lowest BCUT2D eigenvalue weighted by atomic mass is 9.98. The van der Waals surface area contributed by atoms with E-state index in [-0.39, 0.29) is 11.9 Å². The van der Waals surface area contributed by atoms with Crippen LogP contribution in [0.3, 0.4) is 0 Å². The fourth-order valence-electron chi connectivity index (χ4n) is 2.02. The first-order valence-corrected chi connectivity index (χ1v) is 5.88. The topological polar surface area (TPSA) is 60.2 Å². The maximum absolute atomic E-state index is 14.1. The lowest BCUT2D eigenvalue weighted by Gasteiger charge is -2.19. The summed E-state index contributed by atoms with van der Waals surface area (Å²) >= 11 is 0. The number of aromatic nitrogens is 1. The van der Waals surface area contributed by atoms with Gasteiger partial charge in [0.05, 0.1) is 13.2 Å². The van der Waals surface area contributed by atoms with Crippen LogP contribution < -0.4 is 15.8 Å². The van der Waals surface area contributed by atoms with Crippen molar-refractivity contribution in [2.45, 2.75) is 6.04 Å². The summed E-state index contributed by atoms with van der Waals surface area (Å²) in [6.07, 6.45) is 1.61. The number of hydrogen-bond donors (Lipinski definition) is 2. The molecule has 0 radical (unpaired) electrons. The molecule has 4 nitrogen and oxygen atoms in total. The van der Waals surface area contributed by atoms with Crippen molar-refractivity contribution in [1.29, 1.82) is 0 Å². The second-order valence-electron chi connectivity index (χ2n) is 4.09. The van der Waals surface area contributed by atoms with Crippen LogP contribution in [0.2, 0.25) is 0 Å². The average Bonchev–Trinajstić information content (AvgIpc) is 2.43.